The topological polar surface area (TPSA) is 46.2 Å². The molecule has 1 N–H and O–H groups in total. The van der Waals surface area contributed by atoms with Crippen LogP contribution in [-0.2, 0) is 4.79 Å². The molecule has 3 nitrogen and oxygen atoms in total. The summed E-state index contributed by atoms with van der Waals surface area (Å²) in [4.78, 5) is 23.5. The summed E-state index contributed by atoms with van der Waals surface area (Å²) in [6, 6.07) is 9.74. The number of carbonyl (C=O) groups excluding carboxylic acids is 2. The third kappa shape index (κ3) is 4.63. The lowest BCUT2D eigenvalue weighted by Crippen LogP contribution is -2.22. The summed E-state index contributed by atoms with van der Waals surface area (Å²) >= 11 is 1.01. The van der Waals surface area contributed by atoms with E-state index in [-0.39, 0.29) is 16.6 Å². The molecule has 1 amide bonds. The van der Waals surface area contributed by atoms with Crippen molar-refractivity contribution in [1.29, 1.82) is 0 Å². The number of ketones is 1. The molecule has 2 aromatic carbocycles. The number of anilines is 1. The maximum absolute atomic E-state index is 13.6. The number of benzene rings is 2. The van der Waals surface area contributed by atoms with Crippen LogP contribution < -0.4 is 5.32 Å². The van der Waals surface area contributed by atoms with Gasteiger partial charge in [-0.15, -0.1) is 11.8 Å². The van der Waals surface area contributed by atoms with Crippen LogP contribution in [0.2, 0.25) is 0 Å². The van der Waals surface area contributed by atoms with Crippen molar-refractivity contribution < 1.29 is 18.4 Å². The van der Waals surface area contributed by atoms with Gasteiger partial charge < -0.3 is 5.32 Å². The molecule has 0 aliphatic carbocycles. The second-order valence-electron chi connectivity index (χ2n) is 4.96. The molecule has 23 heavy (non-hydrogen) atoms. The van der Waals surface area contributed by atoms with E-state index in [0.717, 1.165) is 23.9 Å². The summed E-state index contributed by atoms with van der Waals surface area (Å²) < 4.78 is 26.5. The van der Waals surface area contributed by atoms with Gasteiger partial charge in [0.25, 0.3) is 0 Å². The molecule has 0 saturated carbocycles. The molecular formula is C17H15F2NO2S. The zero-order chi connectivity index (χ0) is 17.0. The quantitative estimate of drug-likeness (QED) is 0.655. The minimum atomic E-state index is -0.694. The average molecular weight is 335 g/mol. The second-order valence-corrected chi connectivity index (χ2v) is 6.34. The fourth-order valence-electron chi connectivity index (χ4n) is 1.85. The number of rotatable bonds is 5. The predicted molar refractivity (Wildman–Crippen MR) is 86.8 cm³/mol. The van der Waals surface area contributed by atoms with E-state index in [2.05, 4.69) is 5.32 Å². The molecule has 0 bridgehead atoms. The lowest BCUT2D eigenvalue weighted by atomic mass is 10.1. The highest BCUT2D eigenvalue weighted by molar-refractivity contribution is 8.00. The molecule has 0 aliphatic heterocycles. The first-order valence-electron chi connectivity index (χ1n) is 6.90. The number of thioether (sulfide) groups is 1. The van der Waals surface area contributed by atoms with E-state index in [0.29, 0.717) is 11.3 Å². The fraction of sp³-hybridized carbons (Fsp3) is 0.176. The predicted octanol–water partition coefficient (Wildman–Crippen LogP) is 4.29. The Balaban J connectivity index is 2.00. The van der Waals surface area contributed by atoms with Crippen LogP contribution in [0.5, 0.6) is 0 Å². The number of Topliss-reactive ketones (excluding diaryl/α,β-unsaturated/α-hetero) is 1. The molecule has 6 heteroatoms. The van der Waals surface area contributed by atoms with Crippen LogP contribution in [0, 0.1) is 11.6 Å². The Morgan fingerprint density at radius 2 is 1.74 bits per heavy atom. The van der Waals surface area contributed by atoms with Gasteiger partial charge in [0.2, 0.25) is 5.91 Å². The van der Waals surface area contributed by atoms with Gasteiger partial charge in [0, 0.05) is 22.2 Å². The van der Waals surface area contributed by atoms with Crippen LogP contribution >= 0.6 is 11.8 Å². The van der Waals surface area contributed by atoms with Gasteiger partial charge in [-0.25, -0.2) is 8.78 Å². The number of carbonyl (C=O) groups is 2. The van der Waals surface area contributed by atoms with Crippen molar-refractivity contribution in [3.05, 3.63) is 59.7 Å². The van der Waals surface area contributed by atoms with Crippen molar-refractivity contribution in [3.8, 4) is 0 Å². The summed E-state index contributed by atoms with van der Waals surface area (Å²) in [5.41, 5.74) is 1.10. The molecule has 0 aliphatic rings. The van der Waals surface area contributed by atoms with Gasteiger partial charge in [-0.3, -0.25) is 9.59 Å². The molecule has 0 fully saturated rings. The molecule has 0 saturated heterocycles. The summed E-state index contributed by atoms with van der Waals surface area (Å²) in [7, 11) is 0. The van der Waals surface area contributed by atoms with E-state index in [9.17, 15) is 18.4 Å². The van der Waals surface area contributed by atoms with Crippen molar-refractivity contribution >= 4 is 29.1 Å². The Morgan fingerprint density at radius 1 is 1.09 bits per heavy atom. The molecule has 1 unspecified atom stereocenters. The van der Waals surface area contributed by atoms with Crippen LogP contribution in [0.3, 0.4) is 0 Å². The van der Waals surface area contributed by atoms with Crippen molar-refractivity contribution in [2.45, 2.75) is 24.0 Å². The minimum absolute atomic E-state index is 0.0569. The Kier molecular flexibility index (Phi) is 5.50. The van der Waals surface area contributed by atoms with Gasteiger partial charge in [-0.05, 0) is 50.2 Å². The first kappa shape index (κ1) is 17.1. The van der Waals surface area contributed by atoms with Crippen molar-refractivity contribution in [3.63, 3.8) is 0 Å². The molecule has 2 aromatic rings. The molecule has 0 spiro atoms. The largest absolute Gasteiger partial charge is 0.325 e. The zero-order valence-electron chi connectivity index (χ0n) is 12.6. The van der Waals surface area contributed by atoms with Crippen LogP contribution in [0.25, 0.3) is 0 Å². The van der Waals surface area contributed by atoms with E-state index in [1.54, 1.807) is 31.2 Å². The Hall–Kier alpha value is -2.21. The maximum atomic E-state index is 13.6. The minimum Gasteiger partial charge on any atom is -0.325 e. The smallest absolute Gasteiger partial charge is 0.237 e. The second kappa shape index (κ2) is 7.37. The summed E-state index contributed by atoms with van der Waals surface area (Å²) in [6.45, 7) is 3.09. The van der Waals surface area contributed by atoms with Crippen molar-refractivity contribution in [2.24, 2.45) is 0 Å². The first-order valence-corrected chi connectivity index (χ1v) is 7.78. The number of hydrogen-bond donors (Lipinski definition) is 1. The lowest BCUT2D eigenvalue weighted by molar-refractivity contribution is -0.115. The van der Waals surface area contributed by atoms with Crippen molar-refractivity contribution in [1.82, 2.24) is 0 Å². The maximum Gasteiger partial charge on any atom is 0.237 e. The van der Waals surface area contributed by atoms with Gasteiger partial charge in [-0.2, -0.15) is 0 Å². The van der Waals surface area contributed by atoms with E-state index in [1.807, 2.05) is 0 Å². The van der Waals surface area contributed by atoms with Gasteiger partial charge in [-0.1, -0.05) is 0 Å². The van der Waals surface area contributed by atoms with Crippen LogP contribution in [0.15, 0.2) is 47.4 Å². The standard InChI is InChI=1S/C17H15F2NO2S/c1-10(21)12-3-6-14(7-4-12)20-17(22)11(2)23-16-8-5-13(18)9-15(16)19/h3-9,11H,1-2H3,(H,20,22). The molecule has 2 rings (SSSR count). The Morgan fingerprint density at radius 3 is 2.30 bits per heavy atom. The molecule has 0 heterocycles. The van der Waals surface area contributed by atoms with Gasteiger partial charge in [0.1, 0.15) is 11.6 Å². The molecule has 1 atom stereocenters. The SMILES string of the molecule is CC(=O)c1ccc(NC(=O)C(C)Sc2ccc(F)cc2F)cc1. The van der Waals surface area contributed by atoms with Crippen LogP contribution in [-0.4, -0.2) is 16.9 Å². The van der Waals surface area contributed by atoms with E-state index >= 15 is 0 Å². The van der Waals surface area contributed by atoms with Gasteiger partial charge in [0.05, 0.1) is 5.25 Å². The first-order chi connectivity index (χ1) is 10.9. The fourth-order valence-corrected chi connectivity index (χ4v) is 2.71. The summed E-state index contributed by atoms with van der Waals surface area (Å²) in [6.07, 6.45) is 0. The van der Waals surface area contributed by atoms with E-state index in [4.69, 9.17) is 0 Å². The molecule has 0 aromatic heterocycles. The zero-order valence-corrected chi connectivity index (χ0v) is 13.4. The highest BCUT2D eigenvalue weighted by Gasteiger charge is 2.17. The number of halogens is 2. The Bertz CT molecular complexity index is 732. The summed E-state index contributed by atoms with van der Waals surface area (Å²) in [5.74, 6) is -1.72. The summed E-state index contributed by atoms with van der Waals surface area (Å²) in [5, 5.41) is 2.12. The molecule has 120 valence electrons. The number of amides is 1. The third-order valence-corrected chi connectivity index (χ3v) is 4.28. The molecule has 0 radical (unpaired) electrons. The lowest BCUT2D eigenvalue weighted by Gasteiger charge is -2.12. The monoisotopic (exact) mass is 335 g/mol. The van der Waals surface area contributed by atoms with Crippen LogP contribution in [0.1, 0.15) is 24.2 Å². The third-order valence-electron chi connectivity index (χ3n) is 3.13. The van der Waals surface area contributed by atoms with Gasteiger partial charge >= 0.3 is 0 Å². The van der Waals surface area contributed by atoms with E-state index in [1.165, 1.54) is 13.0 Å². The molecular weight excluding hydrogens is 320 g/mol. The van der Waals surface area contributed by atoms with E-state index < -0.39 is 16.9 Å². The highest BCUT2D eigenvalue weighted by Crippen LogP contribution is 2.27. The highest BCUT2D eigenvalue weighted by atomic mass is 32.2. The normalized spacial score (nSPS) is 11.8. The van der Waals surface area contributed by atoms with Crippen molar-refractivity contribution in [2.75, 3.05) is 5.32 Å². The average Bonchev–Trinajstić information content (AvgIpc) is 2.50. The van der Waals surface area contributed by atoms with Crippen LogP contribution in [0.4, 0.5) is 14.5 Å². The van der Waals surface area contributed by atoms with Gasteiger partial charge in [0.15, 0.2) is 5.78 Å². The Labute approximate surface area is 137 Å². The number of hydrogen-bond acceptors (Lipinski definition) is 3. The number of nitrogens with one attached hydrogen (secondary N) is 1.